The van der Waals surface area contributed by atoms with Crippen molar-refractivity contribution in [3.63, 3.8) is 0 Å². The average molecular weight is 398 g/mol. The fourth-order valence-corrected chi connectivity index (χ4v) is 1.77. The first kappa shape index (κ1) is 26.6. The Kier molecular flexibility index (Phi) is 25.3. The molecule has 9 heteroatoms. The molecule has 0 unspecified atom stereocenters. The third kappa shape index (κ3) is 25.6. The molecular weight excluding hydrogens is 358 g/mol. The van der Waals surface area contributed by atoms with Gasteiger partial charge < -0.3 is 43.6 Å². The van der Waals surface area contributed by atoms with E-state index < -0.39 is 0 Å². The molecule has 27 heavy (non-hydrogen) atoms. The van der Waals surface area contributed by atoms with Gasteiger partial charge in [0, 0.05) is 13.2 Å². The number of nitrogens with two attached hydrogens (primary N) is 1. The Labute approximate surface area is 163 Å². The smallest absolute Gasteiger partial charge is 0.0701 e. The van der Waals surface area contributed by atoms with Crippen LogP contribution < -0.4 is 5.73 Å². The van der Waals surface area contributed by atoms with Crippen LogP contribution in [0.25, 0.3) is 0 Å². The van der Waals surface area contributed by atoms with Gasteiger partial charge in [-0.15, -0.1) is 0 Å². The van der Waals surface area contributed by atoms with Crippen molar-refractivity contribution < 1.29 is 37.9 Å². The van der Waals surface area contributed by atoms with Crippen LogP contribution in [0.2, 0.25) is 0 Å². The van der Waals surface area contributed by atoms with Gasteiger partial charge in [0.25, 0.3) is 0 Å². The Morgan fingerprint density at radius 3 is 0.815 bits per heavy atom. The van der Waals surface area contributed by atoms with E-state index in [1.54, 1.807) is 0 Å². The van der Waals surface area contributed by atoms with Crippen molar-refractivity contribution in [3.05, 3.63) is 0 Å². The molecule has 9 nitrogen and oxygen atoms in total. The molecular formula is C18H39NO8. The summed E-state index contributed by atoms with van der Waals surface area (Å²) < 4.78 is 42.6. The quantitative estimate of drug-likeness (QED) is 0.227. The highest BCUT2D eigenvalue weighted by molar-refractivity contribution is 4.37. The first-order chi connectivity index (χ1) is 13.4. The van der Waals surface area contributed by atoms with E-state index in [2.05, 4.69) is 0 Å². The molecule has 0 aliphatic carbocycles. The van der Waals surface area contributed by atoms with Crippen LogP contribution in [0.3, 0.4) is 0 Å². The van der Waals surface area contributed by atoms with Crippen LogP contribution in [0.1, 0.15) is 6.92 Å². The number of rotatable bonds is 24. The van der Waals surface area contributed by atoms with E-state index in [9.17, 15) is 0 Å². The zero-order chi connectivity index (χ0) is 19.7. The molecule has 0 aromatic heterocycles. The third-order valence-electron chi connectivity index (χ3n) is 3.07. The van der Waals surface area contributed by atoms with Crippen molar-refractivity contribution in [1.29, 1.82) is 0 Å². The zero-order valence-electron chi connectivity index (χ0n) is 16.9. The molecule has 2 N–H and O–H groups in total. The maximum absolute atomic E-state index is 5.40. The molecule has 0 saturated carbocycles. The lowest BCUT2D eigenvalue weighted by Gasteiger charge is -2.08. The highest BCUT2D eigenvalue weighted by Gasteiger charge is 1.94. The van der Waals surface area contributed by atoms with Gasteiger partial charge in [0.15, 0.2) is 0 Å². The molecule has 0 aliphatic heterocycles. The summed E-state index contributed by atoms with van der Waals surface area (Å²) in [5.74, 6) is 0. The van der Waals surface area contributed by atoms with Crippen molar-refractivity contribution in [3.8, 4) is 0 Å². The summed E-state index contributed by atoms with van der Waals surface area (Å²) >= 11 is 0. The molecule has 0 atom stereocenters. The van der Waals surface area contributed by atoms with Crippen LogP contribution in [0.5, 0.6) is 0 Å². The predicted molar refractivity (Wildman–Crippen MR) is 101 cm³/mol. The molecule has 0 aromatic rings. The molecule has 0 aliphatic rings. The molecule has 0 heterocycles. The van der Waals surface area contributed by atoms with Gasteiger partial charge in [0.05, 0.1) is 99.1 Å². The summed E-state index contributed by atoms with van der Waals surface area (Å²) in [7, 11) is 0. The Morgan fingerprint density at radius 1 is 0.370 bits per heavy atom. The lowest BCUT2D eigenvalue weighted by molar-refractivity contribution is -0.0226. The van der Waals surface area contributed by atoms with Gasteiger partial charge in [-0.3, -0.25) is 0 Å². The van der Waals surface area contributed by atoms with Crippen LogP contribution in [-0.2, 0) is 37.9 Å². The van der Waals surface area contributed by atoms with E-state index in [1.807, 2.05) is 6.92 Å². The molecule has 0 fully saturated rings. The molecule has 0 amide bonds. The van der Waals surface area contributed by atoms with E-state index in [0.717, 1.165) is 6.61 Å². The molecule has 164 valence electrons. The molecule has 0 bridgehead atoms. The summed E-state index contributed by atoms with van der Waals surface area (Å²) in [4.78, 5) is 0. The number of hydrogen-bond donors (Lipinski definition) is 1. The standard InChI is InChI=1S/C18H39NO8/c1-2-20-5-6-22-9-10-24-13-14-26-17-18-27-16-15-25-12-11-23-8-7-21-4-3-19/h2-19H2,1H3. The van der Waals surface area contributed by atoms with Crippen LogP contribution in [-0.4, -0.2) is 112 Å². The number of hydrogen-bond acceptors (Lipinski definition) is 9. The summed E-state index contributed by atoms with van der Waals surface area (Å²) in [6.45, 7) is 11.6. The summed E-state index contributed by atoms with van der Waals surface area (Å²) in [6, 6.07) is 0. The Hall–Kier alpha value is -0.360. The van der Waals surface area contributed by atoms with Crippen molar-refractivity contribution in [2.75, 3.05) is 112 Å². The lowest BCUT2D eigenvalue weighted by Crippen LogP contribution is -2.15. The van der Waals surface area contributed by atoms with Crippen molar-refractivity contribution >= 4 is 0 Å². The van der Waals surface area contributed by atoms with Crippen LogP contribution in [0.4, 0.5) is 0 Å². The second-order valence-corrected chi connectivity index (χ2v) is 5.27. The third-order valence-corrected chi connectivity index (χ3v) is 3.07. The summed E-state index contributed by atoms with van der Waals surface area (Å²) in [5.41, 5.74) is 5.30. The van der Waals surface area contributed by atoms with Gasteiger partial charge in [0.1, 0.15) is 0 Å². The van der Waals surface area contributed by atoms with Gasteiger partial charge in [-0.05, 0) is 6.92 Å². The Bertz CT molecular complexity index is 238. The highest BCUT2D eigenvalue weighted by atomic mass is 16.6. The SMILES string of the molecule is CCOCCOCCOCCOCCOCCOCCOCCOCCN. The minimum absolute atomic E-state index is 0.535. The van der Waals surface area contributed by atoms with Gasteiger partial charge >= 0.3 is 0 Å². The number of ether oxygens (including phenoxy) is 8. The Morgan fingerprint density at radius 2 is 0.593 bits per heavy atom. The van der Waals surface area contributed by atoms with E-state index in [4.69, 9.17) is 43.6 Å². The largest absolute Gasteiger partial charge is 0.379 e. The van der Waals surface area contributed by atoms with Crippen LogP contribution >= 0.6 is 0 Å². The van der Waals surface area contributed by atoms with Gasteiger partial charge in [-0.25, -0.2) is 0 Å². The monoisotopic (exact) mass is 397 g/mol. The normalized spacial score (nSPS) is 11.3. The Balaban J connectivity index is 2.95. The molecule has 0 spiro atoms. The fraction of sp³-hybridized carbons (Fsp3) is 1.00. The van der Waals surface area contributed by atoms with E-state index in [-0.39, 0.29) is 0 Å². The molecule has 0 rings (SSSR count). The van der Waals surface area contributed by atoms with Crippen molar-refractivity contribution in [2.45, 2.75) is 6.92 Å². The summed E-state index contributed by atoms with van der Waals surface area (Å²) in [6.07, 6.45) is 0. The molecule has 0 radical (unpaired) electrons. The minimum atomic E-state index is 0.535. The zero-order valence-corrected chi connectivity index (χ0v) is 16.9. The van der Waals surface area contributed by atoms with Gasteiger partial charge in [-0.1, -0.05) is 0 Å². The van der Waals surface area contributed by atoms with E-state index >= 15 is 0 Å². The van der Waals surface area contributed by atoms with Gasteiger partial charge in [0.2, 0.25) is 0 Å². The topological polar surface area (TPSA) is 99.9 Å². The maximum atomic E-state index is 5.40. The first-order valence-electron chi connectivity index (χ1n) is 9.73. The van der Waals surface area contributed by atoms with Crippen LogP contribution in [0, 0.1) is 0 Å². The second kappa shape index (κ2) is 25.6. The van der Waals surface area contributed by atoms with E-state index in [1.165, 1.54) is 0 Å². The molecule has 0 saturated heterocycles. The van der Waals surface area contributed by atoms with E-state index in [0.29, 0.717) is 106 Å². The van der Waals surface area contributed by atoms with Crippen LogP contribution in [0.15, 0.2) is 0 Å². The fourth-order valence-electron chi connectivity index (χ4n) is 1.77. The van der Waals surface area contributed by atoms with Gasteiger partial charge in [-0.2, -0.15) is 0 Å². The average Bonchev–Trinajstić information content (AvgIpc) is 2.68. The summed E-state index contributed by atoms with van der Waals surface area (Å²) in [5, 5.41) is 0. The minimum Gasteiger partial charge on any atom is -0.379 e. The second-order valence-electron chi connectivity index (χ2n) is 5.27. The van der Waals surface area contributed by atoms with Crippen molar-refractivity contribution in [2.24, 2.45) is 5.73 Å². The maximum Gasteiger partial charge on any atom is 0.0701 e. The van der Waals surface area contributed by atoms with Crippen molar-refractivity contribution in [1.82, 2.24) is 0 Å². The highest BCUT2D eigenvalue weighted by Crippen LogP contribution is 1.85. The lowest BCUT2D eigenvalue weighted by atomic mass is 10.6. The predicted octanol–water partition coefficient (Wildman–Crippen LogP) is 0.0978. The molecule has 0 aromatic carbocycles. The first-order valence-corrected chi connectivity index (χ1v) is 9.73.